The van der Waals surface area contributed by atoms with Crippen LogP contribution >= 0.6 is 0 Å². The summed E-state index contributed by atoms with van der Waals surface area (Å²) in [6.45, 7) is 3.24. The topological polar surface area (TPSA) is 179 Å². The first-order chi connectivity index (χ1) is 18.4. The number of ether oxygens (including phenoxy) is 1. The fourth-order valence-corrected chi connectivity index (χ4v) is 4.60. The molecule has 1 aromatic carbocycles. The maximum atomic E-state index is 12.7. The van der Waals surface area contributed by atoms with Gasteiger partial charge in [-0.25, -0.2) is 0 Å². The van der Waals surface area contributed by atoms with E-state index in [4.69, 9.17) is 10.5 Å². The summed E-state index contributed by atoms with van der Waals surface area (Å²) in [5, 5.41) is 23.5. The minimum Gasteiger partial charge on any atom is -0.378 e. The van der Waals surface area contributed by atoms with Gasteiger partial charge in [-0.15, -0.1) is 10.2 Å². The Morgan fingerprint density at radius 2 is 1.84 bits per heavy atom. The molecule has 1 aliphatic carbocycles. The molecule has 1 unspecified atom stereocenters. The summed E-state index contributed by atoms with van der Waals surface area (Å²) in [4.78, 5) is 45.4. The molecule has 4 N–H and O–H groups in total. The number of carbonyl (C=O) groups is 3. The molecule has 13 nitrogen and oxygen atoms in total. The van der Waals surface area contributed by atoms with Gasteiger partial charge >= 0.3 is 0 Å². The molecule has 0 radical (unpaired) electrons. The standard InChI is InChI=1S/C25H29N9O4/c26-15-25(7-8-25)23(37)29-18-2-1-9-34(14-18)24-30-21(19(20(27)35)31-32-24)28-17-5-3-16(4-6-17)22(36)33-10-12-38-13-11-33/h3-6,18H,1-2,7-14H2,(H2,27,35)(H,29,37)(H,28,30,32). The normalized spacial score (nSPS) is 20.2. The number of morpholine rings is 1. The Morgan fingerprint density at radius 1 is 1.11 bits per heavy atom. The number of hydrogen-bond donors (Lipinski definition) is 3. The average molecular weight is 520 g/mol. The number of rotatable bonds is 7. The van der Waals surface area contributed by atoms with Crippen molar-refractivity contribution in [3.05, 3.63) is 35.5 Å². The second-order valence-electron chi connectivity index (χ2n) is 9.73. The van der Waals surface area contributed by atoms with Gasteiger partial charge in [0.25, 0.3) is 11.8 Å². The molecule has 3 heterocycles. The summed E-state index contributed by atoms with van der Waals surface area (Å²) in [5.41, 5.74) is 5.64. The Hall–Kier alpha value is -4.31. The van der Waals surface area contributed by atoms with Gasteiger partial charge in [0, 0.05) is 43.5 Å². The third-order valence-corrected chi connectivity index (χ3v) is 7.04. The van der Waals surface area contributed by atoms with Crippen LogP contribution in [0.3, 0.4) is 0 Å². The molecule has 3 amide bonds. The molecule has 2 aromatic rings. The molecule has 13 heteroatoms. The molecule has 3 aliphatic rings. The van der Waals surface area contributed by atoms with Crippen LogP contribution in [0, 0.1) is 16.7 Å². The Bertz CT molecular complexity index is 1270. The molecule has 1 saturated carbocycles. The van der Waals surface area contributed by atoms with Gasteiger partial charge < -0.3 is 30.9 Å². The molecular formula is C25H29N9O4. The molecule has 38 heavy (non-hydrogen) atoms. The lowest BCUT2D eigenvalue weighted by atomic mass is 10.0. The zero-order valence-corrected chi connectivity index (χ0v) is 20.9. The Labute approximate surface area is 219 Å². The third kappa shape index (κ3) is 5.35. The van der Waals surface area contributed by atoms with Crippen LogP contribution in [-0.2, 0) is 9.53 Å². The van der Waals surface area contributed by atoms with E-state index in [2.05, 4.69) is 31.9 Å². The summed E-state index contributed by atoms with van der Waals surface area (Å²) in [5.74, 6) is -0.654. The minimum atomic E-state index is -0.886. The Balaban J connectivity index is 1.29. The molecule has 198 valence electrons. The molecule has 5 rings (SSSR count). The molecule has 2 saturated heterocycles. The molecule has 3 fully saturated rings. The number of nitrogens with one attached hydrogen (secondary N) is 2. The van der Waals surface area contributed by atoms with Gasteiger partial charge in [0.2, 0.25) is 11.9 Å². The number of hydrogen-bond acceptors (Lipinski definition) is 10. The number of piperidine rings is 1. The van der Waals surface area contributed by atoms with Gasteiger partial charge in [-0.1, -0.05) is 0 Å². The average Bonchev–Trinajstić information content (AvgIpc) is 3.75. The van der Waals surface area contributed by atoms with Gasteiger partial charge in [0.1, 0.15) is 5.41 Å². The Kier molecular flexibility index (Phi) is 7.06. The van der Waals surface area contributed by atoms with Crippen LogP contribution < -0.4 is 21.3 Å². The van der Waals surface area contributed by atoms with Crippen molar-refractivity contribution in [1.29, 1.82) is 5.26 Å². The van der Waals surface area contributed by atoms with Crippen LogP contribution in [0.1, 0.15) is 46.5 Å². The molecule has 0 spiro atoms. The third-order valence-electron chi connectivity index (χ3n) is 7.04. The lowest BCUT2D eigenvalue weighted by molar-refractivity contribution is -0.125. The smallest absolute Gasteiger partial charge is 0.273 e. The fourth-order valence-electron chi connectivity index (χ4n) is 4.60. The highest BCUT2D eigenvalue weighted by molar-refractivity contribution is 5.97. The number of aromatic nitrogens is 3. The highest BCUT2D eigenvalue weighted by Gasteiger charge is 2.51. The van der Waals surface area contributed by atoms with Crippen LogP contribution in [0.4, 0.5) is 17.5 Å². The van der Waals surface area contributed by atoms with E-state index >= 15 is 0 Å². The largest absolute Gasteiger partial charge is 0.378 e. The van der Waals surface area contributed by atoms with Crippen molar-refractivity contribution in [2.75, 3.05) is 49.6 Å². The number of nitriles is 1. The van der Waals surface area contributed by atoms with Crippen LogP contribution in [0.5, 0.6) is 0 Å². The summed E-state index contributed by atoms with van der Waals surface area (Å²) in [6.07, 6.45) is 2.74. The lowest BCUT2D eigenvalue weighted by Crippen LogP contribution is -2.50. The maximum Gasteiger partial charge on any atom is 0.273 e. The monoisotopic (exact) mass is 519 g/mol. The van der Waals surface area contributed by atoms with Gasteiger partial charge in [-0.2, -0.15) is 10.2 Å². The van der Waals surface area contributed by atoms with Crippen molar-refractivity contribution in [1.82, 2.24) is 25.4 Å². The lowest BCUT2D eigenvalue weighted by Gasteiger charge is -2.33. The van der Waals surface area contributed by atoms with Crippen molar-refractivity contribution >= 4 is 35.2 Å². The number of anilines is 3. The van der Waals surface area contributed by atoms with Gasteiger partial charge in [0.15, 0.2) is 11.5 Å². The molecule has 0 bridgehead atoms. The summed E-state index contributed by atoms with van der Waals surface area (Å²) >= 11 is 0. The summed E-state index contributed by atoms with van der Waals surface area (Å²) in [7, 11) is 0. The maximum absolute atomic E-state index is 12.7. The number of carbonyl (C=O) groups excluding carboxylic acids is 3. The number of amides is 3. The van der Waals surface area contributed by atoms with Crippen LogP contribution in [0.15, 0.2) is 24.3 Å². The first-order valence-electron chi connectivity index (χ1n) is 12.6. The number of benzene rings is 1. The van der Waals surface area contributed by atoms with E-state index in [0.29, 0.717) is 63.5 Å². The van der Waals surface area contributed by atoms with E-state index in [1.807, 2.05) is 4.90 Å². The van der Waals surface area contributed by atoms with Crippen LogP contribution in [0.25, 0.3) is 0 Å². The second-order valence-corrected chi connectivity index (χ2v) is 9.73. The van der Waals surface area contributed by atoms with E-state index in [1.165, 1.54) is 0 Å². The van der Waals surface area contributed by atoms with E-state index < -0.39 is 11.3 Å². The van der Waals surface area contributed by atoms with Crippen molar-refractivity contribution < 1.29 is 19.1 Å². The first-order valence-corrected chi connectivity index (χ1v) is 12.6. The van der Waals surface area contributed by atoms with Crippen molar-refractivity contribution in [3.8, 4) is 6.07 Å². The number of nitrogens with zero attached hydrogens (tertiary/aromatic N) is 6. The van der Waals surface area contributed by atoms with Crippen molar-refractivity contribution in [2.45, 2.75) is 31.7 Å². The van der Waals surface area contributed by atoms with Crippen molar-refractivity contribution in [2.24, 2.45) is 11.1 Å². The van der Waals surface area contributed by atoms with E-state index in [9.17, 15) is 19.6 Å². The Morgan fingerprint density at radius 3 is 2.50 bits per heavy atom. The number of nitrogens with two attached hydrogens (primary N) is 1. The van der Waals surface area contributed by atoms with Gasteiger partial charge in [-0.3, -0.25) is 14.4 Å². The first kappa shape index (κ1) is 25.3. The SMILES string of the molecule is N#CC1(C(=O)NC2CCCN(c3nnc(C(N)=O)c(Nc4ccc(C(=O)N5CCOCC5)cc4)n3)C2)CC1. The van der Waals surface area contributed by atoms with E-state index in [1.54, 1.807) is 29.2 Å². The number of primary amides is 1. The zero-order chi connectivity index (χ0) is 26.7. The minimum absolute atomic E-state index is 0.0715. The van der Waals surface area contributed by atoms with Crippen LogP contribution in [0.2, 0.25) is 0 Å². The highest BCUT2D eigenvalue weighted by atomic mass is 16.5. The molecule has 1 aromatic heterocycles. The van der Waals surface area contributed by atoms with E-state index in [0.717, 1.165) is 12.8 Å². The fraction of sp³-hybridized carbons (Fsp3) is 0.480. The summed E-state index contributed by atoms with van der Waals surface area (Å²) in [6, 6.07) is 8.80. The predicted octanol–water partition coefficient (Wildman–Crippen LogP) is 0.575. The highest BCUT2D eigenvalue weighted by Crippen LogP contribution is 2.45. The second kappa shape index (κ2) is 10.6. The van der Waals surface area contributed by atoms with E-state index in [-0.39, 0.29) is 35.3 Å². The quantitative estimate of drug-likeness (QED) is 0.468. The van der Waals surface area contributed by atoms with Gasteiger partial charge in [-0.05, 0) is 49.9 Å². The van der Waals surface area contributed by atoms with Crippen molar-refractivity contribution in [3.63, 3.8) is 0 Å². The molecular weight excluding hydrogens is 490 g/mol. The zero-order valence-electron chi connectivity index (χ0n) is 20.9. The molecule has 1 atom stereocenters. The molecule has 2 aliphatic heterocycles. The predicted molar refractivity (Wildman–Crippen MR) is 135 cm³/mol. The summed E-state index contributed by atoms with van der Waals surface area (Å²) < 4.78 is 5.31. The van der Waals surface area contributed by atoms with Gasteiger partial charge in [0.05, 0.1) is 19.3 Å². The van der Waals surface area contributed by atoms with Crippen LogP contribution in [-0.4, -0.2) is 83.2 Å².